The van der Waals surface area contributed by atoms with E-state index in [1.165, 1.54) is 0 Å². The molecular weight excluding hydrogens is 376 g/mol. The Morgan fingerprint density at radius 1 is 0.967 bits per heavy atom. The van der Waals surface area contributed by atoms with Gasteiger partial charge in [0.15, 0.2) is 6.61 Å². The maximum atomic E-state index is 12.6. The summed E-state index contributed by atoms with van der Waals surface area (Å²) in [6.45, 7) is 6.90. The molecule has 1 amide bonds. The molecule has 0 radical (unpaired) electrons. The number of hydrogen-bond acceptors (Lipinski definition) is 5. The van der Waals surface area contributed by atoms with Crippen LogP contribution < -0.4 is 9.64 Å². The molecule has 0 atom stereocenters. The largest absolute Gasteiger partial charge is 0.483 e. The Kier molecular flexibility index (Phi) is 5.93. The second-order valence-corrected chi connectivity index (χ2v) is 7.48. The third-order valence-electron chi connectivity index (χ3n) is 5.58. The number of carbonyl (C=O) groups excluding carboxylic acids is 1. The van der Waals surface area contributed by atoms with Crippen LogP contribution in [0.1, 0.15) is 11.1 Å². The fourth-order valence-electron chi connectivity index (χ4n) is 3.58. The summed E-state index contributed by atoms with van der Waals surface area (Å²) in [6, 6.07) is 18.0. The van der Waals surface area contributed by atoms with Crippen LogP contribution in [0.3, 0.4) is 0 Å². The van der Waals surface area contributed by atoms with Gasteiger partial charge in [0.1, 0.15) is 17.9 Å². The summed E-state index contributed by atoms with van der Waals surface area (Å²) in [7, 11) is 0. The summed E-state index contributed by atoms with van der Waals surface area (Å²) >= 11 is 0. The third-order valence-corrected chi connectivity index (χ3v) is 5.58. The van der Waals surface area contributed by atoms with Crippen LogP contribution >= 0.6 is 0 Å². The van der Waals surface area contributed by atoms with Gasteiger partial charge in [-0.2, -0.15) is 0 Å². The van der Waals surface area contributed by atoms with Gasteiger partial charge in [-0.25, -0.2) is 9.97 Å². The van der Waals surface area contributed by atoms with Crippen LogP contribution in [0, 0.1) is 13.8 Å². The smallest absolute Gasteiger partial charge is 0.260 e. The van der Waals surface area contributed by atoms with Crippen LogP contribution in [0.15, 0.2) is 60.9 Å². The number of rotatable bonds is 5. The quantitative estimate of drug-likeness (QED) is 0.654. The minimum absolute atomic E-state index is 0.0169. The van der Waals surface area contributed by atoms with Crippen LogP contribution in [-0.4, -0.2) is 53.6 Å². The standard InChI is InChI=1S/C24H26N4O2/c1-18-7-6-10-22(19(18)2)30-16-24(29)28-13-11-27(12-14-28)23-15-21(25-17-26-23)20-8-4-3-5-9-20/h3-10,15,17H,11-14,16H2,1-2H3. The lowest BCUT2D eigenvalue weighted by Crippen LogP contribution is -2.50. The van der Waals surface area contributed by atoms with E-state index < -0.39 is 0 Å². The van der Waals surface area contributed by atoms with Crippen molar-refractivity contribution in [3.05, 3.63) is 72.1 Å². The van der Waals surface area contributed by atoms with Gasteiger partial charge in [-0.05, 0) is 31.0 Å². The lowest BCUT2D eigenvalue weighted by molar-refractivity contribution is -0.133. The number of aryl methyl sites for hydroxylation is 1. The zero-order valence-corrected chi connectivity index (χ0v) is 17.4. The number of ether oxygens (including phenoxy) is 1. The molecule has 0 bridgehead atoms. The Morgan fingerprint density at radius 2 is 1.73 bits per heavy atom. The average Bonchev–Trinajstić information content (AvgIpc) is 2.80. The van der Waals surface area contributed by atoms with Crippen molar-refractivity contribution >= 4 is 11.7 Å². The van der Waals surface area contributed by atoms with Crippen LogP contribution in [0.25, 0.3) is 11.3 Å². The average molecular weight is 402 g/mol. The van der Waals surface area contributed by atoms with E-state index in [4.69, 9.17) is 4.74 Å². The first-order valence-electron chi connectivity index (χ1n) is 10.2. The maximum Gasteiger partial charge on any atom is 0.260 e. The number of benzene rings is 2. The van der Waals surface area contributed by atoms with E-state index in [1.54, 1.807) is 6.33 Å². The second-order valence-electron chi connectivity index (χ2n) is 7.48. The topological polar surface area (TPSA) is 58.6 Å². The molecule has 0 unspecified atom stereocenters. The zero-order chi connectivity index (χ0) is 20.9. The fourth-order valence-corrected chi connectivity index (χ4v) is 3.58. The summed E-state index contributed by atoms with van der Waals surface area (Å²) < 4.78 is 5.78. The Bertz CT molecular complexity index is 1010. The van der Waals surface area contributed by atoms with Gasteiger partial charge >= 0.3 is 0 Å². The second kappa shape index (κ2) is 8.95. The number of carbonyl (C=O) groups is 1. The number of aromatic nitrogens is 2. The van der Waals surface area contributed by atoms with Gasteiger partial charge in [0, 0.05) is 37.8 Å². The highest BCUT2D eigenvalue weighted by Gasteiger charge is 2.22. The fraction of sp³-hybridized carbons (Fsp3) is 0.292. The van der Waals surface area contributed by atoms with Crippen LogP contribution in [-0.2, 0) is 4.79 Å². The van der Waals surface area contributed by atoms with Crippen molar-refractivity contribution < 1.29 is 9.53 Å². The number of hydrogen-bond donors (Lipinski definition) is 0. The molecule has 6 heteroatoms. The zero-order valence-electron chi connectivity index (χ0n) is 17.4. The van der Waals surface area contributed by atoms with Gasteiger partial charge in [0.05, 0.1) is 5.69 Å². The molecule has 0 N–H and O–H groups in total. The highest BCUT2D eigenvalue weighted by Crippen LogP contribution is 2.22. The highest BCUT2D eigenvalue weighted by molar-refractivity contribution is 5.78. The number of nitrogens with zero attached hydrogens (tertiary/aromatic N) is 4. The lowest BCUT2D eigenvalue weighted by Gasteiger charge is -2.35. The normalized spacial score (nSPS) is 13.9. The summed E-state index contributed by atoms with van der Waals surface area (Å²) in [5.74, 6) is 1.68. The van der Waals surface area contributed by atoms with E-state index in [1.807, 2.05) is 73.3 Å². The molecule has 0 aliphatic carbocycles. The van der Waals surface area contributed by atoms with Crippen LogP contribution in [0.4, 0.5) is 5.82 Å². The summed E-state index contributed by atoms with van der Waals surface area (Å²) in [5, 5.41) is 0. The lowest BCUT2D eigenvalue weighted by atomic mass is 10.1. The Labute approximate surface area is 177 Å². The number of amides is 1. The molecule has 30 heavy (non-hydrogen) atoms. The van der Waals surface area contributed by atoms with E-state index in [0.29, 0.717) is 13.1 Å². The molecule has 0 spiro atoms. The van der Waals surface area contributed by atoms with Crippen molar-refractivity contribution in [3.63, 3.8) is 0 Å². The third kappa shape index (κ3) is 4.43. The summed E-state index contributed by atoms with van der Waals surface area (Å²) in [6.07, 6.45) is 1.60. The molecule has 1 aromatic heterocycles. The number of anilines is 1. The first kappa shape index (κ1) is 19.9. The van der Waals surface area contributed by atoms with Crippen LogP contribution in [0.2, 0.25) is 0 Å². The van der Waals surface area contributed by atoms with Crippen molar-refractivity contribution in [2.45, 2.75) is 13.8 Å². The Hall–Kier alpha value is -3.41. The summed E-state index contributed by atoms with van der Waals surface area (Å²) in [5.41, 5.74) is 4.21. The number of piperazine rings is 1. The highest BCUT2D eigenvalue weighted by atomic mass is 16.5. The van der Waals surface area contributed by atoms with Crippen molar-refractivity contribution in [3.8, 4) is 17.0 Å². The molecule has 1 aliphatic rings. The minimum atomic E-state index is 0.0169. The SMILES string of the molecule is Cc1cccc(OCC(=O)N2CCN(c3cc(-c4ccccc4)ncn3)CC2)c1C. The molecule has 2 heterocycles. The van der Waals surface area contributed by atoms with Gasteiger partial charge in [-0.1, -0.05) is 42.5 Å². The Balaban J connectivity index is 1.34. The molecule has 154 valence electrons. The predicted molar refractivity (Wildman–Crippen MR) is 118 cm³/mol. The molecule has 6 nitrogen and oxygen atoms in total. The molecule has 3 aromatic rings. The van der Waals surface area contributed by atoms with Crippen molar-refractivity contribution in [2.75, 3.05) is 37.7 Å². The molecule has 1 fully saturated rings. The van der Waals surface area contributed by atoms with E-state index in [2.05, 4.69) is 14.9 Å². The molecule has 1 saturated heterocycles. The van der Waals surface area contributed by atoms with Gasteiger partial charge in [-0.15, -0.1) is 0 Å². The van der Waals surface area contributed by atoms with Gasteiger partial charge in [-0.3, -0.25) is 4.79 Å². The predicted octanol–water partition coefficient (Wildman–Crippen LogP) is 3.49. The maximum absolute atomic E-state index is 12.6. The van der Waals surface area contributed by atoms with E-state index in [-0.39, 0.29) is 12.5 Å². The Morgan fingerprint density at radius 3 is 2.50 bits per heavy atom. The minimum Gasteiger partial charge on any atom is -0.483 e. The first-order chi connectivity index (χ1) is 14.6. The van der Waals surface area contributed by atoms with Crippen LogP contribution in [0.5, 0.6) is 5.75 Å². The molecule has 4 rings (SSSR count). The van der Waals surface area contributed by atoms with Crippen molar-refractivity contribution in [1.82, 2.24) is 14.9 Å². The van der Waals surface area contributed by atoms with Gasteiger partial charge in [0.25, 0.3) is 5.91 Å². The van der Waals surface area contributed by atoms with Gasteiger partial charge in [0.2, 0.25) is 0 Å². The first-order valence-corrected chi connectivity index (χ1v) is 10.2. The molecular formula is C24H26N4O2. The van der Waals surface area contributed by atoms with E-state index in [0.717, 1.165) is 47.0 Å². The monoisotopic (exact) mass is 402 g/mol. The van der Waals surface area contributed by atoms with E-state index >= 15 is 0 Å². The van der Waals surface area contributed by atoms with Crippen molar-refractivity contribution in [1.29, 1.82) is 0 Å². The molecule has 1 aliphatic heterocycles. The molecule has 0 saturated carbocycles. The molecule has 2 aromatic carbocycles. The van der Waals surface area contributed by atoms with Gasteiger partial charge < -0.3 is 14.5 Å². The summed E-state index contributed by atoms with van der Waals surface area (Å²) in [4.78, 5) is 25.5. The van der Waals surface area contributed by atoms with Crippen molar-refractivity contribution in [2.24, 2.45) is 0 Å². The van der Waals surface area contributed by atoms with E-state index in [9.17, 15) is 4.79 Å².